The van der Waals surface area contributed by atoms with E-state index in [4.69, 9.17) is 0 Å². The van der Waals surface area contributed by atoms with E-state index in [0.717, 1.165) is 22.0 Å². The maximum Gasteiger partial charge on any atom is 0.255 e. The normalized spacial score (nSPS) is 30.6. The number of hydrogen-bond donors (Lipinski definition) is 0. The molecule has 0 saturated carbocycles. The average molecular weight is 420 g/mol. The zero-order valence-electron chi connectivity index (χ0n) is 9.98. The number of benzene rings is 1. The molecule has 2 aliphatic rings. The van der Waals surface area contributed by atoms with Gasteiger partial charge in [0.1, 0.15) is 0 Å². The fraction of sp³-hybridized carbons (Fsp3) is 0.500. The molecule has 1 aromatic carbocycles. The molecule has 2 saturated heterocycles. The van der Waals surface area contributed by atoms with Crippen LogP contribution >= 0.6 is 38.5 Å². The van der Waals surface area contributed by atoms with Crippen molar-refractivity contribution >= 4 is 44.4 Å². The van der Waals surface area contributed by atoms with Crippen LogP contribution in [0.3, 0.4) is 0 Å². The van der Waals surface area contributed by atoms with Crippen LogP contribution in [0.25, 0.3) is 0 Å². The van der Waals surface area contributed by atoms with Gasteiger partial charge in [0.05, 0.1) is 5.56 Å². The number of amides is 1. The summed E-state index contributed by atoms with van der Waals surface area (Å²) in [5, 5.41) is 0. The quantitative estimate of drug-likeness (QED) is 0.500. The maximum absolute atomic E-state index is 12.7. The van der Waals surface area contributed by atoms with Crippen molar-refractivity contribution in [2.45, 2.75) is 42.6 Å². The monoisotopic (exact) mass is 419 g/mol. The van der Waals surface area contributed by atoms with Gasteiger partial charge < -0.3 is 4.90 Å². The van der Waals surface area contributed by atoms with Gasteiger partial charge in [0.2, 0.25) is 0 Å². The number of fused-ring (bicyclic) bond motifs is 2. The summed E-state index contributed by atoms with van der Waals surface area (Å²) in [5.41, 5.74) is 0.864. The lowest BCUT2D eigenvalue weighted by atomic mass is 10.0. The van der Waals surface area contributed by atoms with Crippen molar-refractivity contribution in [2.75, 3.05) is 0 Å². The molecule has 2 unspecified atom stereocenters. The lowest BCUT2D eigenvalue weighted by Gasteiger charge is -2.37. The molecule has 0 aromatic heterocycles. The topological polar surface area (TPSA) is 20.3 Å². The first-order valence-corrected chi connectivity index (χ1v) is 8.37. The van der Waals surface area contributed by atoms with Gasteiger partial charge in [-0.25, -0.2) is 0 Å². The number of nitrogens with zero attached hydrogens (tertiary/aromatic N) is 1. The molecule has 4 heteroatoms. The SMILES string of the molecule is O=C(c1ccccc1I)N1C2CCC1CC(Br)C2. The van der Waals surface area contributed by atoms with E-state index in [2.05, 4.69) is 43.4 Å². The second kappa shape index (κ2) is 5.12. The Bertz CT molecular complexity index is 465. The Labute approximate surface area is 129 Å². The molecule has 1 amide bonds. The van der Waals surface area contributed by atoms with E-state index in [-0.39, 0.29) is 5.91 Å². The zero-order valence-corrected chi connectivity index (χ0v) is 13.7. The van der Waals surface area contributed by atoms with Crippen molar-refractivity contribution in [3.8, 4) is 0 Å². The van der Waals surface area contributed by atoms with Crippen molar-refractivity contribution in [2.24, 2.45) is 0 Å². The summed E-state index contributed by atoms with van der Waals surface area (Å²) >= 11 is 5.97. The number of halogens is 2. The lowest BCUT2D eigenvalue weighted by molar-refractivity contribution is 0.0602. The fourth-order valence-corrected chi connectivity index (χ4v) is 4.70. The molecular weight excluding hydrogens is 405 g/mol. The average Bonchev–Trinajstić information content (AvgIpc) is 2.61. The highest BCUT2D eigenvalue weighted by molar-refractivity contribution is 14.1. The predicted octanol–water partition coefficient (Wildman–Crippen LogP) is 3.82. The third kappa shape index (κ3) is 2.22. The summed E-state index contributed by atoms with van der Waals surface area (Å²) in [6.45, 7) is 0. The molecule has 2 aliphatic heterocycles. The summed E-state index contributed by atoms with van der Waals surface area (Å²) < 4.78 is 1.06. The molecule has 18 heavy (non-hydrogen) atoms. The standard InChI is InChI=1S/C14H15BrINO/c15-9-7-10-5-6-11(8-9)17(10)14(18)12-3-1-2-4-13(12)16/h1-4,9-11H,5-8H2. The van der Waals surface area contributed by atoms with Crippen molar-refractivity contribution in [3.05, 3.63) is 33.4 Å². The van der Waals surface area contributed by atoms with E-state index < -0.39 is 0 Å². The maximum atomic E-state index is 12.7. The van der Waals surface area contributed by atoms with Crippen LogP contribution in [0.1, 0.15) is 36.0 Å². The fourth-order valence-electron chi connectivity index (χ4n) is 3.22. The van der Waals surface area contributed by atoms with E-state index in [0.29, 0.717) is 16.9 Å². The van der Waals surface area contributed by atoms with Gasteiger partial charge in [0, 0.05) is 20.5 Å². The van der Waals surface area contributed by atoms with Crippen LogP contribution in [0.15, 0.2) is 24.3 Å². The van der Waals surface area contributed by atoms with Gasteiger partial charge in [-0.3, -0.25) is 4.79 Å². The minimum atomic E-state index is 0.229. The molecule has 0 aliphatic carbocycles. The molecule has 2 nitrogen and oxygen atoms in total. The van der Waals surface area contributed by atoms with Crippen LogP contribution in [0.2, 0.25) is 0 Å². The van der Waals surface area contributed by atoms with Crippen LogP contribution in [-0.2, 0) is 0 Å². The van der Waals surface area contributed by atoms with Crippen molar-refractivity contribution in [3.63, 3.8) is 0 Å². The molecule has 0 N–H and O–H groups in total. The molecule has 2 bridgehead atoms. The molecule has 0 radical (unpaired) electrons. The number of piperidine rings is 1. The van der Waals surface area contributed by atoms with E-state index in [9.17, 15) is 4.79 Å². The summed E-state index contributed by atoms with van der Waals surface area (Å²) in [4.78, 5) is 15.4. The Kier molecular flexibility index (Phi) is 3.67. The lowest BCUT2D eigenvalue weighted by Crippen LogP contribution is -2.47. The minimum Gasteiger partial charge on any atom is -0.333 e. The zero-order chi connectivity index (χ0) is 12.7. The molecular formula is C14H15BrINO. The molecule has 0 spiro atoms. The largest absolute Gasteiger partial charge is 0.333 e. The third-order valence-corrected chi connectivity index (χ3v) is 5.70. The highest BCUT2D eigenvalue weighted by atomic mass is 127. The van der Waals surface area contributed by atoms with Gasteiger partial charge >= 0.3 is 0 Å². The molecule has 2 heterocycles. The van der Waals surface area contributed by atoms with Crippen molar-refractivity contribution in [1.29, 1.82) is 0 Å². The highest BCUT2D eigenvalue weighted by Gasteiger charge is 2.42. The Morgan fingerprint density at radius 1 is 1.22 bits per heavy atom. The van der Waals surface area contributed by atoms with Gasteiger partial charge in [-0.15, -0.1) is 0 Å². The van der Waals surface area contributed by atoms with E-state index in [1.165, 1.54) is 12.8 Å². The van der Waals surface area contributed by atoms with E-state index in [1.54, 1.807) is 0 Å². The second-order valence-electron chi connectivity index (χ2n) is 5.15. The summed E-state index contributed by atoms with van der Waals surface area (Å²) in [5.74, 6) is 0.229. The third-order valence-electron chi connectivity index (χ3n) is 4.01. The van der Waals surface area contributed by atoms with Gasteiger partial charge in [-0.05, 0) is 60.4 Å². The van der Waals surface area contributed by atoms with Crippen LogP contribution < -0.4 is 0 Å². The Morgan fingerprint density at radius 2 is 1.83 bits per heavy atom. The first-order valence-electron chi connectivity index (χ1n) is 6.38. The molecule has 1 aromatic rings. The first kappa shape index (κ1) is 12.9. The van der Waals surface area contributed by atoms with Gasteiger partial charge in [-0.1, -0.05) is 28.1 Å². The molecule has 96 valence electrons. The number of alkyl halides is 1. The van der Waals surface area contributed by atoms with Crippen LogP contribution in [0.4, 0.5) is 0 Å². The Hall–Kier alpha value is -0.100. The predicted molar refractivity (Wildman–Crippen MR) is 84.1 cm³/mol. The number of carbonyl (C=O) groups excluding carboxylic acids is 1. The molecule has 3 rings (SSSR count). The Morgan fingerprint density at radius 3 is 2.44 bits per heavy atom. The number of carbonyl (C=O) groups is 1. The Balaban J connectivity index is 1.88. The van der Waals surface area contributed by atoms with Crippen molar-refractivity contribution < 1.29 is 4.79 Å². The van der Waals surface area contributed by atoms with Crippen LogP contribution in [0, 0.1) is 3.57 Å². The van der Waals surface area contributed by atoms with Crippen LogP contribution in [-0.4, -0.2) is 27.7 Å². The number of rotatable bonds is 1. The summed E-state index contributed by atoms with van der Waals surface area (Å²) in [7, 11) is 0. The number of hydrogen-bond acceptors (Lipinski definition) is 1. The van der Waals surface area contributed by atoms with Crippen LogP contribution in [0.5, 0.6) is 0 Å². The molecule has 2 atom stereocenters. The highest BCUT2D eigenvalue weighted by Crippen LogP contribution is 2.39. The minimum absolute atomic E-state index is 0.229. The molecule has 2 fully saturated rings. The van der Waals surface area contributed by atoms with E-state index >= 15 is 0 Å². The first-order chi connectivity index (χ1) is 8.66. The van der Waals surface area contributed by atoms with E-state index in [1.807, 2.05) is 24.3 Å². The summed E-state index contributed by atoms with van der Waals surface area (Å²) in [6, 6.07) is 8.77. The summed E-state index contributed by atoms with van der Waals surface area (Å²) in [6.07, 6.45) is 4.54. The van der Waals surface area contributed by atoms with Gasteiger partial charge in [0.25, 0.3) is 5.91 Å². The van der Waals surface area contributed by atoms with Gasteiger partial charge in [0.15, 0.2) is 0 Å². The van der Waals surface area contributed by atoms with Crippen molar-refractivity contribution in [1.82, 2.24) is 4.90 Å². The van der Waals surface area contributed by atoms with Gasteiger partial charge in [-0.2, -0.15) is 0 Å². The second-order valence-corrected chi connectivity index (χ2v) is 7.60. The smallest absolute Gasteiger partial charge is 0.255 e.